The van der Waals surface area contributed by atoms with Gasteiger partial charge in [0.05, 0.1) is 15.9 Å². The van der Waals surface area contributed by atoms with Gasteiger partial charge in [-0.25, -0.2) is 9.97 Å². The van der Waals surface area contributed by atoms with Gasteiger partial charge in [-0.05, 0) is 26.0 Å². The van der Waals surface area contributed by atoms with Gasteiger partial charge in [-0.2, -0.15) is 0 Å². The smallest absolute Gasteiger partial charge is 0.186 e. The van der Waals surface area contributed by atoms with E-state index in [2.05, 4.69) is 52.9 Å². The first-order valence-corrected chi connectivity index (χ1v) is 9.13. The number of hydrogen-bond acceptors (Lipinski definition) is 6. The van der Waals surface area contributed by atoms with E-state index in [9.17, 15) is 0 Å². The highest BCUT2D eigenvalue weighted by Crippen LogP contribution is 2.31. The quantitative estimate of drug-likeness (QED) is 0.717. The zero-order chi connectivity index (χ0) is 15.1. The monoisotopic (exact) mass is 330 g/mol. The zero-order valence-electron chi connectivity index (χ0n) is 12.7. The van der Waals surface area contributed by atoms with Gasteiger partial charge in [0.15, 0.2) is 10.3 Å². The van der Waals surface area contributed by atoms with Crippen molar-refractivity contribution >= 4 is 43.2 Å². The highest BCUT2D eigenvalue weighted by Gasteiger charge is 2.22. The summed E-state index contributed by atoms with van der Waals surface area (Å²) in [5.41, 5.74) is 2.27. The SMILES string of the molecule is Cc1nc(N2CCN(c3nc4ccccc4s3)CC2)sc1C. The third kappa shape index (κ3) is 2.46. The molecule has 1 aromatic carbocycles. The lowest BCUT2D eigenvalue weighted by atomic mass is 10.3. The van der Waals surface area contributed by atoms with E-state index >= 15 is 0 Å². The van der Waals surface area contributed by atoms with Gasteiger partial charge in [-0.3, -0.25) is 0 Å². The number of benzene rings is 1. The van der Waals surface area contributed by atoms with E-state index < -0.39 is 0 Å². The lowest BCUT2D eigenvalue weighted by Gasteiger charge is -2.34. The van der Waals surface area contributed by atoms with Crippen molar-refractivity contribution in [3.8, 4) is 0 Å². The standard InChI is InChI=1S/C16H18N4S2/c1-11-12(2)21-15(17-11)19-7-9-20(10-8-19)16-18-13-5-3-4-6-14(13)22-16/h3-6H,7-10H2,1-2H3. The molecule has 0 radical (unpaired) electrons. The molecule has 1 fully saturated rings. The molecule has 0 spiro atoms. The maximum absolute atomic E-state index is 4.77. The largest absolute Gasteiger partial charge is 0.345 e. The summed E-state index contributed by atoms with van der Waals surface area (Å²) in [6, 6.07) is 8.37. The molecular formula is C16H18N4S2. The molecule has 4 rings (SSSR count). The van der Waals surface area contributed by atoms with Gasteiger partial charge in [-0.15, -0.1) is 11.3 Å². The first-order valence-electron chi connectivity index (χ1n) is 7.50. The fourth-order valence-corrected chi connectivity index (χ4v) is 4.65. The normalized spacial score (nSPS) is 15.7. The van der Waals surface area contributed by atoms with Crippen LogP contribution < -0.4 is 9.80 Å². The lowest BCUT2D eigenvalue weighted by Crippen LogP contribution is -2.46. The third-order valence-electron chi connectivity index (χ3n) is 4.12. The van der Waals surface area contributed by atoms with Gasteiger partial charge in [-0.1, -0.05) is 23.5 Å². The lowest BCUT2D eigenvalue weighted by molar-refractivity contribution is 0.650. The van der Waals surface area contributed by atoms with E-state index in [1.54, 1.807) is 22.7 Å². The second kappa shape index (κ2) is 5.52. The molecule has 0 atom stereocenters. The number of piperazine rings is 1. The van der Waals surface area contributed by atoms with Gasteiger partial charge in [0.1, 0.15) is 0 Å². The number of hydrogen-bond donors (Lipinski definition) is 0. The Morgan fingerprint density at radius 3 is 2.09 bits per heavy atom. The highest BCUT2D eigenvalue weighted by atomic mass is 32.1. The Kier molecular flexibility index (Phi) is 3.50. The Morgan fingerprint density at radius 2 is 1.50 bits per heavy atom. The third-order valence-corrected chi connectivity index (χ3v) is 6.35. The number of thiazole rings is 2. The molecule has 4 nitrogen and oxygen atoms in total. The van der Waals surface area contributed by atoms with Gasteiger partial charge >= 0.3 is 0 Å². The van der Waals surface area contributed by atoms with Crippen LogP contribution in [0.1, 0.15) is 10.6 Å². The van der Waals surface area contributed by atoms with Crippen molar-refractivity contribution in [2.24, 2.45) is 0 Å². The van der Waals surface area contributed by atoms with Gasteiger partial charge in [0, 0.05) is 31.1 Å². The number of aryl methyl sites for hydroxylation is 2. The Labute approximate surface area is 138 Å². The minimum atomic E-state index is 1.01. The Balaban J connectivity index is 1.49. The summed E-state index contributed by atoms with van der Waals surface area (Å²) in [6.45, 7) is 8.29. The van der Waals surface area contributed by atoms with Crippen molar-refractivity contribution in [3.05, 3.63) is 34.8 Å². The summed E-state index contributed by atoms with van der Waals surface area (Å²) in [6.07, 6.45) is 0. The molecule has 0 saturated carbocycles. The fraction of sp³-hybridized carbons (Fsp3) is 0.375. The Hall–Kier alpha value is -1.66. The number of fused-ring (bicyclic) bond motifs is 1. The molecule has 3 heterocycles. The van der Waals surface area contributed by atoms with Crippen molar-refractivity contribution in [2.75, 3.05) is 36.0 Å². The number of anilines is 2. The molecule has 0 unspecified atom stereocenters. The molecule has 22 heavy (non-hydrogen) atoms. The van der Waals surface area contributed by atoms with Crippen molar-refractivity contribution in [3.63, 3.8) is 0 Å². The highest BCUT2D eigenvalue weighted by molar-refractivity contribution is 7.22. The molecule has 0 bridgehead atoms. The van der Waals surface area contributed by atoms with Crippen LogP contribution in [-0.2, 0) is 0 Å². The predicted octanol–water partition coefficient (Wildman–Crippen LogP) is 3.70. The molecule has 0 N–H and O–H groups in total. The summed E-state index contributed by atoms with van der Waals surface area (Å²) in [7, 11) is 0. The fourth-order valence-electron chi connectivity index (χ4n) is 2.68. The minimum absolute atomic E-state index is 1.01. The average Bonchev–Trinajstić information content (AvgIpc) is 3.11. The molecule has 6 heteroatoms. The van der Waals surface area contributed by atoms with E-state index in [1.807, 2.05) is 0 Å². The molecule has 2 aromatic heterocycles. The topological polar surface area (TPSA) is 32.3 Å². The van der Waals surface area contributed by atoms with Crippen molar-refractivity contribution in [1.29, 1.82) is 0 Å². The van der Waals surface area contributed by atoms with E-state index in [1.165, 1.54) is 14.7 Å². The minimum Gasteiger partial charge on any atom is -0.345 e. The van der Waals surface area contributed by atoms with Crippen LogP contribution in [0.3, 0.4) is 0 Å². The van der Waals surface area contributed by atoms with E-state index in [0.717, 1.165) is 42.5 Å². The van der Waals surface area contributed by atoms with Crippen molar-refractivity contribution < 1.29 is 0 Å². The Morgan fingerprint density at radius 1 is 0.864 bits per heavy atom. The summed E-state index contributed by atoms with van der Waals surface area (Å²) in [5, 5.41) is 2.31. The van der Waals surface area contributed by atoms with E-state index in [0.29, 0.717) is 0 Å². The maximum Gasteiger partial charge on any atom is 0.186 e. The molecule has 3 aromatic rings. The molecule has 0 aliphatic carbocycles. The summed E-state index contributed by atoms with van der Waals surface area (Å²) in [4.78, 5) is 15.6. The number of rotatable bonds is 2. The van der Waals surface area contributed by atoms with Crippen LogP contribution >= 0.6 is 22.7 Å². The van der Waals surface area contributed by atoms with Crippen molar-refractivity contribution in [2.45, 2.75) is 13.8 Å². The number of para-hydroxylation sites is 1. The first kappa shape index (κ1) is 14.0. The van der Waals surface area contributed by atoms with Crippen LogP contribution in [0.4, 0.5) is 10.3 Å². The summed E-state index contributed by atoms with van der Waals surface area (Å²) < 4.78 is 1.27. The number of nitrogens with zero attached hydrogens (tertiary/aromatic N) is 4. The van der Waals surface area contributed by atoms with Crippen LogP contribution in [0.25, 0.3) is 10.2 Å². The summed E-state index contributed by atoms with van der Waals surface area (Å²) in [5.74, 6) is 0. The van der Waals surface area contributed by atoms with Crippen LogP contribution in [0, 0.1) is 13.8 Å². The second-order valence-electron chi connectivity index (χ2n) is 5.58. The molecule has 0 amide bonds. The number of aromatic nitrogens is 2. The second-order valence-corrected chi connectivity index (χ2v) is 7.77. The van der Waals surface area contributed by atoms with Crippen LogP contribution in [0.15, 0.2) is 24.3 Å². The van der Waals surface area contributed by atoms with E-state index in [-0.39, 0.29) is 0 Å². The maximum atomic E-state index is 4.77. The first-order chi connectivity index (χ1) is 10.7. The predicted molar refractivity (Wildman–Crippen MR) is 95.6 cm³/mol. The average molecular weight is 330 g/mol. The summed E-state index contributed by atoms with van der Waals surface area (Å²) >= 11 is 3.60. The molecule has 114 valence electrons. The van der Waals surface area contributed by atoms with E-state index in [4.69, 9.17) is 4.98 Å². The van der Waals surface area contributed by atoms with Gasteiger partial charge in [0.25, 0.3) is 0 Å². The molecule has 1 aliphatic rings. The van der Waals surface area contributed by atoms with Crippen LogP contribution in [0.2, 0.25) is 0 Å². The van der Waals surface area contributed by atoms with Gasteiger partial charge in [0.2, 0.25) is 0 Å². The molecule has 1 saturated heterocycles. The Bertz CT molecular complexity index is 747. The van der Waals surface area contributed by atoms with Crippen LogP contribution in [-0.4, -0.2) is 36.1 Å². The molecular weight excluding hydrogens is 312 g/mol. The zero-order valence-corrected chi connectivity index (χ0v) is 14.4. The van der Waals surface area contributed by atoms with Gasteiger partial charge < -0.3 is 9.80 Å². The van der Waals surface area contributed by atoms with Crippen LogP contribution in [0.5, 0.6) is 0 Å². The molecule has 1 aliphatic heterocycles. The van der Waals surface area contributed by atoms with Crippen molar-refractivity contribution in [1.82, 2.24) is 9.97 Å².